The highest BCUT2D eigenvalue weighted by atomic mass is 16.3. The first-order chi connectivity index (χ1) is 17.2. The molecule has 0 bridgehead atoms. The number of carbonyl (C=O) groups excluding carboxylic acids is 1. The third-order valence-corrected chi connectivity index (χ3v) is 5.13. The Bertz CT molecular complexity index is 1610. The maximum atomic E-state index is 13.2. The number of rotatable bonds is 5. The second kappa shape index (κ2) is 9.21. The molecule has 0 atom stereocenters. The number of amides is 1. The van der Waals surface area contributed by atoms with Crippen molar-refractivity contribution in [2.75, 3.05) is 5.32 Å². The van der Waals surface area contributed by atoms with Gasteiger partial charge >= 0.3 is 0 Å². The molecule has 10 heteroatoms. The molecule has 0 spiro atoms. The van der Waals surface area contributed by atoms with Gasteiger partial charge in [-0.05, 0) is 29.0 Å². The van der Waals surface area contributed by atoms with Crippen LogP contribution < -0.4 is 5.32 Å². The van der Waals surface area contributed by atoms with E-state index in [1.54, 1.807) is 42.5 Å². The Balaban J connectivity index is 1.60. The van der Waals surface area contributed by atoms with Crippen LogP contribution in [-0.2, 0) is 0 Å². The topological polar surface area (TPSA) is 122 Å². The van der Waals surface area contributed by atoms with E-state index in [1.807, 2.05) is 18.2 Å². The fourth-order valence-electron chi connectivity index (χ4n) is 3.52. The summed E-state index contributed by atoms with van der Waals surface area (Å²) in [6, 6.07) is 17.7. The maximum Gasteiger partial charge on any atom is 0.260 e. The summed E-state index contributed by atoms with van der Waals surface area (Å²) in [5, 5.41) is 27.6. The third kappa shape index (κ3) is 4.17. The Hall–Kier alpha value is -5.43. The zero-order chi connectivity index (χ0) is 24.2. The molecule has 0 aliphatic heterocycles. The van der Waals surface area contributed by atoms with Crippen LogP contribution in [0.1, 0.15) is 10.4 Å². The molecule has 0 saturated carbocycles. The zero-order valence-electron chi connectivity index (χ0n) is 18.1. The van der Waals surface area contributed by atoms with Crippen LogP contribution in [0, 0.1) is 6.57 Å². The van der Waals surface area contributed by atoms with Gasteiger partial charge < -0.3 is 10.4 Å². The minimum atomic E-state index is -0.492. The van der Waals surface area contributed by atoms with Gasteiger partial charge in [-0.3, -0.25) is 9.78 Å². The van der Waals surface area contributed by atoms with Gasteiger partial charge in [-0.2, -0.15) is 5.10 Å². The number of carbonyl (C=O) groups is 1. The van der Waals surface area contributed by atoms with Gasteiger partial charge in [-0.15, -0.1) is 10.2 Å². The van der Waals surface area contributed by atoms with Crippen LogP contribution in [0.25, 0.3) is 21.4 Å². The second-order valence-electron chi connectivity index (χ2n) is 7.30. The number of aromatic nitrogens is 4. The van der Waals surface area contributed by atoms with Crippen molar-refractivity contribution in [1.29, 1.82) is 0 Å². The Labute approximate surface area is 199 Å². The summed E-state index contributed by atoms with van der Waals surface area (Å²) in [4.78, 5) is 24.8. The smallest absolute Gasteiger partial charge is 0.260 e. The number of fused-ring (bicyclic) bond motifs is 1. The lowest BCUT2D eigenvalue weighted by molar-refractivity contribution is 0.102. The fraction of sp³-hybridized carbons (Fsp3) is 0. The molecule has 2 aromatic heterocycles. The SMILES string of the molecule is [C-]#[N+]c1cnn(-c2cnccn2)c1/N=N/c1cc2ccccc2c(C(=O)Nc2ccccc2)c1O. The largest absolute Gasteiger partial charge is 0.505 e. The van der Waals surface area contributed by atoms with Gasteiger partial charge in [0.15, 0.2) is 17.4 Å². The molecule has 10 nitrogen and oxygen atoms in total. The molecular weight excluding hydrogens is 444 g/mol. The highest BCUT2D eigenvalue weighted by Gasteiger charge is 2.20. The summed E-state index contributed by atoms with van der Waals surface area (Å²) in [5.41, 5.74) is 0.850. The molecule has 5 rings (SSSR count). The van der Waals surface area contributed by atoms with Gasteiger partial charge in [0.1, 0.15) is 5.69 Å². The highest BCUT2D eigenvalue weighted by Crippen LogP contribution is 2.39. The number of phenols is 1. The van der Waals surface area contributed by atoms with Crippen LogP contribution in [0.3, 0.4) is 0 Å². The number of anilines is 1. The van der Waals surface area contributed by atoms with Crippen molar-refractivity contribution in [3.8, 4) is 11.6 Å². The first-order valence-electron chi connectivity index (χ1n) is 10.4. The number of azo groups is 1. The Morgan fingerprint density at radius 3 is 2.60 bits per heavy atom. The molecule has 2 N–H and O–H groups in total. The lowest BCUT2D eigenvalue weighted by Crippen LogP contribution is -2.12. The molecule has 0 saturated heterocycles. The molecule has 0 fully saturated rings. The summed E-state index contributed by atoms with van der Waals surface area (Å²) in [5.74, 6) is -0.366. The van der Waals surface area contributed by atoms with E-state index in [0.717, 1.165) is 0 Å². The third-order valence-electron chi connectivity index (χ3n) is 5.13. The molecule has 1 amide bonds. The van der Waals surface area contributed by atoms with Crippen molar-refractivity contribution < 1.29 is 9.90 Å². The van der Waals surface area contributed by atoms with Crippen LogP contribution in [0.5, 0.6) is 5.75 Å². The lowest BCUT2D eigenvalue weighted by atomic mass is 10.0. The lowest BCUT2D eigenvalue weighted by Gasteiger charge is -2.12. The molecule has 2 heterocycles. The van der Waals surface area contributed by atoms with Crippen LogP contribution in [-0.4, -0.2) is 30.8 Å². The first-order valence-corrected chi connectivity index (χ1v) is 10.4. The summed E-state index contributed by atoms with van der Waals surface area (Å²) in [7, 11) is 0. The molecule has 5 aromatic rings. The summed E-state index contributed by atoms with van der Waals surface area (Å²) < 4.78 is 1.32. The van der Waals surface area contributed by atoms with E-state index in [0.29, 0.717) is 22.3 Å². The molecule has 35 heavy (non-hydrogen) atoms. The number of hydrogen-bond acceptors (Lipinski definition) is 7. The molecule has 0 aliphatic carbocycles. The summed E-state index contributed by atoms with van der Waals surface area (Å²) in [6.07, 6.45) is 5.82. The van der Waals surface area contributed by atoms with Crippen LogP contribution >= 0.6 is 0 Å². The van der Waals surface area contributed by atoms with E-state index in [9.17, 15) is 9.90 Å². The molecule has 0 unspecified atom stereocenters. The number of benzene rings is 3. The molecule has 0 radical (unpaired) electrons. The van der Waals surface area contributed by atoms with E-state index < -0.39 is 5.91 Å². The van der Waals surface area contributed by atoms with Gasteiger partial charge in [-0.25, -0.2) is 14.5 Å². The van der Waals surface area contributed by atoms with Gasteiger partial charge in [0.25, 0.3) is 11.6 Å². The number of para-hydroxylation sites is 1. The zero-order valence-corrected chi connectivity index (χ0v) is 18.1. The molecule has 3 aromatic carbocycles. The minimum Gasteiger partial charge on any atom is -0.505 e. The van der Waals surface area contributed by atoms with Crippen molar-refractivity contribution >= 4 is 39.6 Å². The van der Waals surface area contributed by atoms with Crippen LogP contribution in [0.2, 0.25) is 0 Å². The normalized spacial score (nSPS) is 10.9. The van der Waals surface area contributed by atoms with Gasteiger partial charge in [0, 0.05) is 18.1 Å². The van der Waals surface area contributed by atoms with Crippen molar-refractivity contribution in [3.63, 3.8) is 0 Å². The van der Waals surface area contributed by atoms with E-state index in [1.165, 1.54) is 29.5 Å². The molecular formula is C25H16N8O2. The first kappa shape index (κ1) is 21.4. The molecule has 168 valence electrons. The van der Waals surface area contributed by atoms with Gasteiger partial charge in [-0.1, -0.05) is 42.5 Å². The van der Waals surface area contributed by atoms with Gasteiger partial charge in [0.2, 0.25) is 0 Å². The Morgan fingerprint density at radius 1 is 1.03 bits per heavy atom. The maximum absolute atomic E-state index is 13.2. The Kier molecular flexibility index (Phi) is 5.63. The van der Waals surface area contributed by atoms with E-state index in [4.69, 9.17) is 6.57 Å². The van der Waals surface area contributed by atoms with Crippen molar-refractivity contribution in [2.24, 2.45) is 10.2 Å². The van der Waals surface area contributed by atoms with Crippen molar-refractivity contribution in [3.05, 3.63) is 102 Å². The fourth-order valence-corrected chi connectivity index (χ4v) is 3.52. The van der Waals surface area contributed by atoms with E-state index in [2.05, 4.69) is 35.5 Å². The highest BCUT2D eigenvalue weighted by molar-refractivity contribution is 6.16. The number of nitrogens with one attached hydrogen (secondary N) is 1. The molecule has 0 aliphatic rings. The number of phenolic OH excluding ortho intramolecular Hbond substituents is 1. The predicted octanol–water partition coefficient (Wildman–Crippen LogP) is 5.74. The average molecular weight is 460 g/mol. The van der Waals surface area contributed by atoms with Crippen molar-refractivity contribution in [1.82, 2.24) is 19.7 Å². The number of aromatic hydroxyl groups is 1. The quantitative estimate of drug-likeness (QED) is 0.256. The summed E-state index contributed by atoms with van der Waals surface area (Å²) in [6.45, 7) is 7.42. The second-order valence-corrected chi connectivity index (χ2v) is 7.30. The Morgan fingerprint density at radius 2 is 1.83 bits per heavy atom. The van der Waals surface area contributed by atoms with Crippen LogP contribution in [0.15, 0.2) is 95.7 Å². The van der Waals surface area contributed by atoms with E-state index >= 15 is 0 Å². The average Bonchev–Trinajstić information content (AvgIpc) is 3.31. The summed E-state index contributed by atoms with van der Waals surface area (Å²) >= 11 is 0. The standard InChI is InChI=1S/C25H16N8O2/c1-26-20-14-29-33(21-15-27-11-12-28-21)24(20)32-31-19-13-16-7-5-6-10-18(16)22(23(19)34)25(35)30-17-8-3-2-4-9-17/h2-15,34H,(H,30,35)/b32-31+. The number of nitrogens with zero attached hydrogens (tertiary/aromatic N) is 7. The monoisotopic (exact) mass is 460 g/mol. The van der Waals surface area contributed by atoms with E-state index in [-0.39, 0.29) is 28.5 Å². The van der Waals surface area contributed by atoms with Crippen molar-refractivity contribution in [2.45, 2.75) is 0 Å². The predicted molar refractivity (Wildman–Crippen MR) is 130 cm³/mol. The van der Waals surface area contributed by atoms with Gasteiger partial charge in [0.05, 0.1) is 24.5 Å². The number of hydrogen-bond donors (Lipinski definition) is 2. The minimum absolute atomic E-state index is 0.0599. The van der Waals surface area contributed by atoms with Crippen LogP contribution in [0.4, 0.5) is 22.9 Å².